The number of nitrogens with one attached hydrogen (secondary N) is 1. The van der Waals surface area contributed by atoms with Gasteiger partial charge in [0.05, 0.1) is 19.2 Å². The van der Waals surface area contributed by atoms with Gasteiger partial charge in [-0.2, -0.15) is 0 Å². The Morgan fingerprint density at radius 3 is 2.85 bits per heavy atom. The van der Waals surface area contributed by atoms with Crippen LogP contribution in [0, 0.1) is 5.82 Å². The number of likely N-dealkylation sites (tertiary alicyclic amines) is 1. The van der Waals surface area contributed by atoms with Crippen molar-refractivity contribution < 1.29 is 18.7 Å². The second-order valence-electron chi connectivity index (χ2n) is 4.63. The SMILES string of the molecule is CCCN1C(=O)CC(Nc2cc(OC)ccc2F)C1=O. The summed E-state index contributed by atoms with van der Waals surface area (Å²) in [6.45, 7) is 2.29. The van der Waals surface area contributed by atoms with Gasteiger partial charge >= 0.3 is 0 Å². The van der Waals surface area contributed by atoms with Crippen molar-refractivity contribution in [3.63, 3.8) is 0 Å². The zero-order chi connectivity index (χ0) is 14.7. The van der Waals surface area contributed by atoms with Crippen molar-refractivity contribution >= 4 is 17.5 Å². The minimum absolute atomic E-state index is 0.0511. The Morgan fingerprint density at radius 2 is 2.20 bits per heavy atom. The molecule has 2 amide bonds. The van der Waals surface area contributed by atoms with Gasteiger partial charge < -0.3 is 10.1 Å². The van der Waals surface area contributed by atoms with Crippen molar-refractivity contribution in [2.75, 3.05) is 19.0 Å². The van der Waals surface area contributed by atoms with E-state index in [0.29, 0.717) is 18.7 Å². The Kier molecular flexibility index (Phi) is 4.22. The number of hydrogen-bond donors (Lipinski definition) is 1. The van der Waals surface area contributed by atoms with Gasteiger partial charge in [-0.05, 0) is 18.6 Å². The Balaban J connectivity index is 2.15. The van der Waals surface area contributed by atoms with Gasteiger partial charge in [-0.1, -0.05) is 6.92 Å². The predicted molar refractivity (Wildman–Crippen MR) is 72.0 cm³/mol. The van der Waals surface area contributed by atoms with Crippen LogP contribution in [0.2, 0.25) is 0 Å². The lowest BCUT2D eigenvalue weighted by atomic mass is 10.2. The van der Waals surface area contributed by atoms with Gasteiger partial charge in [0.2, 0.25) is 5.91 Å². The van der Waals surface area contributed by atoms with Crippen LogP contribution < -0.4 is 10.1 Å². The fourth-order valence-corrected chi connectivity index (χ4v) is 2.18. The summed E-state index contributed by atoms with van der Waals surface area (Å²) >= 11 is 0. The van der Waals surface area contributed by atoms with Crippen molar-refractivity contribution in [2.24, 2.45) is 0 Å². The first-order valence-corrected chi connectivity index (χ1v) is 6.51. The molecule has 6 heteroatoms. The third-order valence-corrected chi connectivity index (χ3v) is 3.19. The average Bonchev–Trinajstić information content (AvgIpc) is 2.69. The van der Waals surface area contributed by atoms with E-state index in [0.717, 1.165) is 0 Å². The molecule has 1 atom stereocenters. The number of benzene rings is 1. The average molecular weight is 280 g/mol. The van der Waals surface area contributed by atoms with Gasteiger partial charge in [-0.3, -0.25) is 14.5 Å². The van der Waals surface area contributed by atoms with Crippen LogP contribution in [0.15, 0.2) is 18.2 Å². The van der Waals surface area contributed by atoms with Crippen LogP contribution in [-0.2, 0) is 9.59 Å². The Bertz CT molecular complexity index is 533. The van der Waals surface area contributed by atoms with E-state index in [1.807, 2.05) is 6.92 Å². The van der Waals surface area contributed by atoms with Crippen molar-refractivity contribution in [3.8, 4) is 5.75 Å². The van der Waals surface area contributed by atoms with E-state index in [1.165, 1.54) is 30.2 Å². The maximum Gasteiger partial charge on any atom is 0.252 e. The van der Waals surface area contributed by atoms with E-state index < -0.39 is 11.9 Å². The number of amides is 2. The molecule has 2 rings (SSSR count). The Morgan fingerprint density at radius 1 is 1.45 bits per heavy atom. The highest BCUT2D eigenvalue weighted by molar-refractivity contribution is 6.06. The van der Waals surface area contributed by atoms with Crippen LogP contribution in [0.1, 0.15) is 19.8 Å². The first kappa shape index (κ1) is 14.3. The molecule has 0 aromatic heterocycles. The highest BCUT2D eigenvalue weighted by Gasteiger charge is 2.38. The summed E-state index contributed by atoms with van der Waals surface area (Å²) in [6.07, 6.45) is 0.757. The first-order valence-electron chi connectivity index (χ1n) is 6.51. The topological polar surface area (TPSA) is 58.6 Å². The summed E-state index contributed by atoms with van der Waals surface area (Å²) in [7, 11) is 1.48. The molecule has 5 nitrogen and oxygen atoms in total. The molecule has 108 valence electrons. The maximum atomic E-state index is 13.7. The summed E-state index contributed by atoms with van der Waals surface area (Å²) in [5.74, 6) is -0.534. The van der Waals surface area contributed by atoms with Crippen molar-refractivity contribution in [2.45, 2.75) is 25.8 Å². The molecular weight excluding hydrogens is 263 g/mol. The van der Waals surface area contributed by atoms with Gasteiger partial charge in [0, 0.05) is 12.6 Å². The lowest BCUT2D eigenvalue weighted by molar-refractivity contribution is -0.138. The van der Waals surface area contributed by atoms with E-state index in [-0.39, 0.29) is 23.9 Å². The molecule has 0 radical (unpaired) electrons. The molecule has 0 bridgehead atoms. The summed E-state index contributed by atoms with van der Waals surface area (Å²) < 4.78 is 18.7. The predicted octanol–water partition coefficient (Wildman–Crippen LogP) is 1.78. The number of halogens is 1. The van der Waals surface area contributed by atoms with Gasteiger partial charge in [-0.25, -0.2) is 4.39 Å². The number of carbonyl (C=O) groups is 2. The van der Waals surface area contributed by atoms with E-state index in [1.54, 1.807) is 0 Å². The number of hydrogen-bond acceptors (Lipinski definition) is 4. The molecule has 1 aromatic carbocycles. The van der Waals surface area contributed by atoms with Gasteiger partial charge in [0.1, 0.15) is 17.6 Å². The fourth-order valence-electron chi connectivity index (χ4n) is 2.18. The third kappa shape index (κ3) is 2.74. The lowest BCUT2D eigenvalue weighted by Gasteiger charge is -2.15. The standard InChI is InChI=1S/C14H17FN2O3/c1-3-6-17-13(18)8-12(14(17)19)16-11-7-9(20-2)4-5-10(11)15/h4-5,7,12,16H,3,6,8H2,1-2H3. The highest BCUT2D eigenvalue weighted by Crippen LogP contribution is 2.24. The van der Waals surface area contributed by atoms with Crippen LogP contribution >= 0.6 is 0 Å². The molecule has 1 N–H and O–H groups in total. The van der Waals surface area contributed by atoms with Crippen molar-refractivity contribution in [1.29, 1.82) is 0 Å². The molecule has 1 heterocycles. The molecule has 1 unspecified atom stereocenters. The van der Waals surface area contributed by atoms with E-state index >= 15 is 0 Å². The minimum atomic E-state index is -0.712. The summed E-state index contributed by atoms with van der Waals surface area (Å²) in [4.78, 5) is 25.0. The zero-order valence-corrected chi connectivity index (χ0v) is 11.5. The number of ether oxygens (including phenoxy) is 1. The van der Waals surface area contributed by atoms with Crippen molar-refractivity contribution in [1.82, 2.24) is 4.90 Å². The van der Waals surface area contributed by atoms with Gasteiger partial charge in [0.25, 0.3) is 5.91 Å². The van der Waals surface area contributed by atoms with Crippen LogP contribution in [0.5, 0.6) is 5.75 Å². The molecular formula is C14H17FN2O3. The van der Waals surface area contributed by atoms with E-state index in [9.17, 15) is 14.0 Å². The Labute approximate surface area is 116 Å². The second-order valence-corrected chi connectivity index (χ2v) is 4.63. The number of methoxy groups -OCH3 is 1. The van der Waals surface area contributed by atoms with Crippen LogP contribution in [0.4, 0.5) is 10.1 Å². The Hall–Kier alpha value is -2.11. The molecule has 1 saturated heterocycles. The monoisotopic (exact) mass is 280 g/mol. The number of imide groups is 1. The lowest BCUT2D eigenvalue weighted by Crippen LogP contribution is -2.35. The van der Waals surface area contributed by atoms with Crippen LogP contribution in [-0.4, -0.2) is 36.4 Å². The number of rotatable bonds is 5. The largest absolute Gasteiger partial charge is 0.497 e. The molecule has 0 spiro atoms. The van der Waals surface area contributed by atoms with E-state index in [2.05, 4.69) is 5.32 Å². The van der Waals surface area contributed by atoms with Crippen LogP contribution in [0.25, 0.3) is 0 Å². The molecule has 0 aliphatic carbocycles. The molecule has 1 aromatic rings. The molecule has 1 aliphatic rings. The fraction of sp³-hybridized carbons (Fsp3) is 0.429. The van der Waals surface area contributed by atoms with Crippen molar-refractivity contribution in [3.05, 3.63) is 24.0 Å². The summed E-state index contributed by atoms with van der Waals surface area (Å²) in [5.41, 5.74) is 0.161. The number of anilines is 1. The number of carbonyl (C=O) groups excluding carboxylic acids is 2. The molecule has 1 fully saturated rings. The number of nitrogens with zero attached hydrogens (tertiary/aromatic N) is 1. The molecule has 20 heavy (non-hydrogen) atoms. The summed E-state index contributed by atoms with van der Waals surface area (Å²) in [6, 6.07) is 3.50. The normalized spacial score (nSPS) is 18.6. The van der Waals surface area contributed by atoms with Crippen LogP contribution in [0.3, 0.4) is 0 Å². The quantitative estimate of drug-likeness (QED) is 0.835. The smallest absolute Gasteiger partial charge is 0.252 e. The summed E-state index contributed by atoms with van der Waals surface area (Å²) in [5, 5.41) is 2.79. The van der Waals surface area contributed by atoms with E-state index in [4.69, 9.17) is 4.74 Å². The van der Waals surface area contributed by atoms with Gasteiger partial charge in [-0.15, -0.1) is 0 Å². The maximum absolute atomic E-state index is 13.7. The van der Waals surface area contributed by atoms with Gasteiger partial charge in [0.15, 0.2) is 0 Å². The third-order valence-electron chi connectivity index (χ3n) is 3.19. The zero-order valence-electron chi connectivity index (χ0n) is 11.5. The highest BCUT2D eigenvalue weighted by atomic mass is 19.1. The minimum Gasteiger partial charge on any atom is -0.497 e. The molecule has 0 saturated carbocycles. The molecule has 1 aliphatic heterocycles. The first-order chi connectivity index (χ1) is 9.56. The second kappa shape index (κ2) is 5.90.